The van der Waals surface area contributed by atoms with E-state index in [1.807, 2.05) is 19.2 Å². The fourth-order valence-corrected chi connectivity index (χ4v) is 5.17. The third kappa shape index (κ3) is 3.88. The first-order valence-corrected chi connectivity index (χ1v) is 8.76. The van der Waals surface area contributed by atoms with Gasteiger partial charge in [0.2, 0.25) is 0 Å². The second kappa shape index (κ2) is 6.80. The molecule has 0 spiro atoms. The Balaban J connectivity index is 2.26. The first kappa shape index (κ1) is 15.6. The molecule has 0 aliphatic carbocycles. The summed E-state index contributed by atoms with van der Waals surface area (Å²) in [7, 11) is 1.89. The molecular weight excluding hydrogens is 461 g/mol. The summed E-state index contributed by atoms with van der Waals surface area (Å²) >= 11 is 11.9. The molecule has 1 unspecified atom stereocenters. The fourth-order valence-electron chi connectivity index (χ4n) is 1.87. The van der Waals surface area contributed by atoms with Gasteiger partial charge in [-0.1, -0.05) is 22.0 Å². The molecule has 0 saturated heterocycles. The number of hydrogen-bond acceptors (Lipinski definition) is 2. The molecule has 0 radical (unpaired) electrons. The van der Waals surface area contributed by atoms with Crippen molar-refractivity contribution in [2.24, 2.45) is 0 Å². The number of benzene rings is 1. The summed E-state index contributed by atoms with van der Waals surface area (Å²) in [5.41, 5.74) is 1.85. The molecule has 6 heteroatoms. The minimum Gasteiger partial charge on any atom is -0.313 e. The Kier molecular flexibility index (Phi) is 5.60. The number of likely N-dealkylation sites (N-methyl/N-ethyl adjacent to an activating group) is 1. The lowest BCUT2D eigenvalue weighted by molar-refractivity contribution is 0.554. The Morgan fingerprint density at radius 2 is 2.00 bits per heavy atom. The average molecular weight is 472 g/mol. The SMILES string of the molecule is CNC(Cc1ccc(Br)cc1F)c1cc(Br)sc1Br. The van der Waals surface area contributed by atoms with Crippen molar-refractivity contribution in [2.75, 3.05) is 7.05 Å². The maximum atomic E-state index is 13.9. The predicted octanol–water partition coefficient (Wildman–Crippen LogP) is 5.68. The van der Waals surface area contributed by atoms with Gasteiger partial charge in [0.05, 0.1) is 7.57 Å². The van der Waals surface area contributed by atoms with Crippen LogP contribution in [0.25, 0.3) is 0 Å². The van der Waals surface area contributed by atoms with Crippen LogP contribution in [-0.4, -0.2) is 7.05 Å². The van der Waals surface area contributed by atoms with E-state index in [2.05, 4.69) is 59.2 Å². The molecule has 0 aliphatic heterocycles. The van der Waals surface area contributed by atoms with Crippen molar-refractivity contribution in [1.82, 2.24) is 5.32 Å². The van der Waals surface area contributed by atoms with Crippen LogP contribution in [0.3, 0.4) is 0 Å². The molecular formula is C13H11Br3FNS. The normalized spacial score (nSPS) is 12.7. The zero-order chi connectivity index (χ0) is 14.0. The molecule has 19 heavy (non-hydrogen) atoms. The molecule has 0 bridgehead atoms. The Morgan fingerprint density at radius 1 is 1.26 bits per heavy atom. The zero-order valence-corrected chi connectivity index (χ0v) is 15.6. The largest absolute Gasteiger partial charge is 0.313 e. The highest BCUT2D eigenvalue weighted by atomic mass is 79.9. The van der Waals surface area contributed by atoms with Crippen molar-refractivity contribution in [2.45, 2.75) is 12.5 Å². The Hall–Kier alpha value is 0.250. The summed E-state index contributed by atoms with van der Waals surface area (Å²) in [5, 5.41) is 3.24. The lowest BCUT2D eigenvalue weighted by atomic mass is 10.0. The van der Waals surface area contributed by atoms with E-state index in [-0.39, 0.29) is 11.9 Å². The van der Waals surface area contributed by atoms with Crippen LogP contribution in [0, 0.1) is 5.82 Å². The van der Waals surface area contributed by atoms with Gasteiger partial charge in [-0.2, -0.15) is 0 Å². The quantitative estimate of drug-likeness (QED) is 0.605. The molecule has 1 nitrogen and oxygen atoms in total. The number of thiophene rings is 1. The Labute approximate surface area is 141 Å². The number of nitrogens with one attached hydrogen (secondary N) is 1. The molecule has 0 saturated carbocycles. The average Bonchev–Trinajstić information content (AvgIpc) is 2.68. The fraction of sp³-hybridized carbons (Fsp3) is 0.231. The van der Waals surface area contributed by atoms with Gasteiger partial charge in [0.25, 0.3) is 0 Å². The van der Waals surface area contributed by atoms with Crippen LogP contribution in [-0.2, 0) is 6.42 Å². The van der Waals surface area contributed by atoms with E-state index in [0.717, 1.165) is 17.6 Å². The van der Waals surface area contributed by atoms with Crippen LogP contribution in [0.2, 0.25) is 0 Å². The molecule has 1 atom stereocenters. The molecule has 1 aromatic carbocycles. The van der Waals surface area contributed by atoms with Gasteiger partial charge in [0.15, 0.2) is 0 Å². The minimum atomic E-state index is -0.181. The lowest BCUT2D eigenvalue weighted by Crippen LogP contribution is -2.19. The highest BCUT2D eigenvalue weighted by Crippen LogP contribution is 2.36. The van der Waals surface area contributed by atoms with Crippen LogP contribution in [0.4, 0.5) is 4.39 Å². The molecule has 0 fully saturated rings. The maximum absolute atomic E-state index is 13.9. The first-order valence-electron chi connectivity index (χ1n) is 5.57. The number of rotatable bonds is 4. The van der Waals surface area contributed by atoms with Crippen molar-refractivity contribution in [3.8, 4) is 0 Å². The van der Waals surface area contributed by atoms with Crippen molar-refractivity contribution < 1.29 is 4.39 Å². The van der Waals surface area contributed by atoms with Crippen LogP contribution in [0.1, 0.15) is 17.2 Å². The first-order chi connectivity index (χ1) is 9.01. The second-order valence-corrected chi connectivity index (χ2v) is 8.73. The summed E-state index contributed by atoms with van der Waals surface area (Å²) < 4.78 is 16.8. The van der Waals surface area contributed by atoms with E-state index in [4.69, 9.17) is 0 Å². The van der Waals surface area contributed by atoms with E-state index in [0.29, 0.717) is 12.0 Å². The monoisotopic (exact) mass is 469 g/mol. The van der Waals surface area contributed by atoms with Gasteiger partial charge in [0, 0.05) is 10.5 Å². The summed E-state index contributed by atoms with van der Waals surface area (Å²) in [6.45, 7) is 0. The minimum absolute atomic E-state index is 0.0765. The van der Waals surface area contributed by atoms with Gasteiger partial charge in [-0.05, 0) is 74.7 Å². The molecule has 102 valence electrons. The van der Waals surface area contributed by atoms with Crippen LogP contribution >= 0.6 is 59.1 Å². The zero-order valence-electron chi connectivity index (χ0n) is 10.0. The number of hydrogen-bond donors (Lipinski definition) is 1. The van der Waals surface area contributed by atoms with Crippen molar-refractivity contribution in [1.29, 1.82) is 0 Å². The van der Waals surface area contributed by atoms with Gasteiger partial charge in [-0.3, -0.25) is 0 Å². The molecule has 2 rings (SSSR count). The van der Waals surface area contributed by atoms with Gasteiger partial charge in [-0.25, -0.2) is 4.39 Å². The number of halogens is 4. The highest BCUT2D eigenvalue weighted by Gasteiger charge is 2.17. The predicted molar refractivity (Wildman–Crippen MR) is 89.3 cm³/mol. The lowest BCUT2D eigenvalue weighted by Gasteiger charge is -2.16. The third-order valence-electron chi connectivity index (χ3n) is 2.85. The highest BCUT2D eigenvalue weighted by molar-refractivity contribution is 9.12. The van der Waals surface area contributed by atoms with Crippen LogP contribution in [0.15, 0.2) is 36.3 Å². The van der Waals surface area contributed by atoms with E-state index in [1.165, 1.54) is 6.07 Å². The van der Waals surface area contributed by atoms with E-state index < -0.39 is 0 Å². The van der Waals surface area contributed by atoms with Gasteiger partial charge in [-0.15, -0.1) is 11.3 Å². The van der Waals surface area contributed by atoms with E-state index >= 15 is 0 Å². The topological polar surface area (TPSA) is 12.0 Å². The molecule has 0 aliphatic rings. The molecule has 1 heterocycles. The third-order valence-corrected chi connectivity index (χ3v) is 5.73. The Bertz CT molecular complexity index is 585. The summed E-state index contributed by atoms with van der Waals surface area (Å²) in [6, 6.07) is 7.32. The van der Waals surface area contributed by atoms with Crippen molar-refractivity contribution in [3.05, 3.63) is 53.3 Å². The van der Waals surface area contributed by atoms with Gasteiger partial charge < -0.3 is 5.32 Å². The summed E-state index contributed by atoms with van der Waals surface area (Å²) in [4.78, 5) is 0. The molecule has 0 amide bonds. The summed E-state index contributed by atoms with van der Waals surface area (Å²) in [6.07, 6.45) is 0.609. The maximum Gasteiger partial charge on any atom is 0.127 e. The molecule has 1 aromatic heterocycles. The van der Waals surface area contributed by atoms with Gasteiger partial charge in [0.1, 0.15) is 5.82 Å². The van der Waals surface area contributed by atoms with Crippen molar-refractivity contribution >= 4 is 59.1 Å². The van der Waals surface area contributed by atoms with Gasteiger partial charge >= 0.3 is 0 Å². The van der Waals surface area contributed by atoms with Crippen molar-refractivity contribution in [3.63, 3.8) is 0 Å². The second-order valence-electron chi connectivity index (χ2n) is 4.06. The smallest absolute Gasteiger partial charge is 0.127 e. The molecule has 1 N–H and O–H groups in total. The van der Waals surface area contributed by atoms with Crippen LogP contribution in [0.5, 0.6) is 0 Å². The van der Waals surface area contributed by atoms with Crippen LogP contribution < -0.4 is 5.32 Å². The molecule has 2 aromatic rings. The summed E-state index contributed by atoms with van der Waals surface area (Å²) in [5.74, 6) is -0.181. The Morgan fingerprint density at radius 3 is 2.53 bits per heavy atom. The standard InChI is InChI=1S/C13H11Br3FNS/c1-18-11(9-6-12(15)19-13(9)16)4-7-2-3-8(14)5-10(7)17/h2-3,5-6,11,18H,4H2,1H3. The van der Waals surface area contributed by atoms with E-state index in [9.17, 15) is 4.39 Å². The van der Waals surface area contributed by atoms with E-state index in [1.54, 1.807) is 11.3 Å².